The summed E-state index contributed by atoms with van der Waals surface area (Å²) in [5.74, 6) is 0. The molecule has 1 atom stereocenters. The Bertz CT molecular complexity index is 132. The third-order valence-corrected chi connectivity index (χ3v) is 2.20. The number of hydrogen-bond donors (Lipinski definition) is 0. The lowest BCUT2D eigenvalue weighted by Crippen LogP contribution is -1.85. The molecule has 0 aliphatic heterocycles. The molecule has 0 N–H and O–H groups in total. The lowest BCUT2D eigenvalue weighted by Gasteiger charge is -1.86. The van der Waals surface area contributed by atoms with Crippen LogP contribution >= 0.6 is 8.03 Å². The highest BCUT2D eigenvalue weighted by Gasteiger charge is 2.12. The van der Waals surface area contributed by atoms with Crippen LogP contribution in [-0.2, 0) is 9.09 Å². The van der Waals surface area contributed by atoms with Gasteiger partial charge in [-0.1, -0.05) is 19.4 Å². The van der Waals surface area contributed by atoms with Gasteiger partial charge in [-0.05, 0) is 24.0 Å². The summed E-state index contributed by atoms with van der Waals surface area (Å²) in [5, 5.41) is 0. The minimum absolute atomic E-state index is 0.551. The minimum atomic E-state index is -1.43. The zero-order valence-electron chi connectivity index (χ0n) is 7.25. The molecule has 11 heavy (non-hydrogen) atoms. The summed E-state index contributed by atoms with van der Waals surface area (Å²) in [7, 11) is -1.43. The Morgan fingerprint density at radius 3 is 2.82 bits per heavy atom. The second-order valence-corrected chi connectivity index (χ2v) is 3.56. The van der Waals surface area contributed by atoms with Crippen molar-refractivity contribution in [3.05, 3.63) is 12.2 Å². The van der Waals surface area contributed by atoms with E-state index in [0.717, 1.165) is 12.8 Å². The molecule has 0 saturated carbocycles. The number of rotatable bonds is 6. The maximum Gasteiger partial charge on any atom is 0.512 e. The van der Waals surface area contributed by atoms with Crippen LogP contribution in [0.3, 0.4) is 0 Å². The predicted octanol–water partition coefficient (Wildman–Crippen LogP) is 3.12. The summed E-state index contributed by atoms with van der Waals surface area (Å²) in [6.45, 7) is 4.63. The van der Waals surface area contributed by atoms with Gasteiger partial charge in [0.1, 0.15) is 6.61 Å². The highest BCUT2D eigenvalue weighted by Crippen LogP contribution is 2.21. The van der Waals surface area contributed by atoms with Crippen molar-refractivity contribution in [2.24, 2.45) is 0 Å². The van der Waals surface area contributed by atoms with E-state index in [0.29, 0.717) is 12.8 Å². The van der Waals surface area contributed by atoms with Gasteiger partial charge in [0.2, 0.25) is 0 Å². The molecule has 0 aromatic heterocycles. The second-order valence-electron chi connectivity index (χ2n) is 2.27. The molecule has 2 nitrogen and oxygen atoms in total. The van der Waals surface area contributed by atoms with Crippen molar-refractivity contribution in [3.8, 4) is 0 Å². The highest BCUT2D eigenvalue weighted by atomic mass is 31.1. The molecular formula is C8H16O2P+. The van der Waals surface area contributed by atoms with E-state index in [1.54, 1.807) is 0 Å². The second kappa shape index (κ2) is 7.90. The molecule has 0 rings (SSSR count). The van der Waals surface area contributed by atoms with Gasteiger partial charge in [-0.2, -0.15) is 0 Å². The molecule has 0 aliphatic carbocycles. The zero-order chi connectivity index (χ0) is 8.53. The summed E-state index contributed by atoms with van der Waals surface area (Å²) in [6.07, 6.45) is 6.39. The molecule has 0 saturated heterocycles. The molecule has 1 unspecified atom stereocenters. The zero-order valence-corrected chi connectivity index (χ0v) is 8.14. The summed E-state index contributed by atoms with van der Waals surface area (Å²) in [5.41, 5.74) is 0. The van der Waals surface area contributed by atoms with E-state index in [-0.39, 0.29) is 0 Å². The summed E-state index contributed by atoms with van der Waals surface area (Å²) >= 11 is 0. The van der Waals surface area contributed by atoms with Crippen molar-refractivity contribution in [3.63, 3.8) is 0 Å². The normalized spacial score (nSPS) is 12.4. The molecule has 0 aromatic rings. The predicted molar refractivity (Wildman–Crippen MR) is 48.1 cm³/mol. The molecule has 3 heteroatoms. The van der Waals surface area contributed by atoms with Gasteiger partial charge < -0.3 is 0 Å². The van der Waals surface area contributed by atoms with Crippen LogP contribution in [0.1, 0.15) is 26.7 Å². The van der Waals surface area contributed by atoms with Gasteiger partial charge in [0, 0.05) is 0 Å². The van der Waals surface area contributed by atoms with Gasteiger partial charge in [-0.3, -0.25) is 0 Å². The molecule has 0 aliphatic rings. The number of allylic oxidation sites excluding steroid dienone is 2. The Labute approximate surface area is 69.5 Å². The minimum Gasteiger partial charge on any atom is -0.146 e. The number of unbranched alkanes of at least 4 members (excludes halogenated alkanes) is 1. The van der Waals surface area contributed by atoms with Crippen molar-refractivity contribution in [1.82, 2.24) is 0 Å². The molecular weight excluding hydrogens is 159 g/mol. The fourth-order valence-corrected chi connectivity index (χ4v) is 1.38. The third kappa shape index (κ3) is 7.70. The largest absolute Gasteiger partial charge is 0.512 e. The number of hydrogen-bond acceptors (Lipinski definition) is 2. The first kappa shape index (κ1) is 10.8. The van der Waals surface area contributed by atoms with Crippen LogP contribution in [0.15, 0.2) is 12.2 Å². The summed E-state index contributed by atoms with van der Waals surface area (Å²) < 4.78 is 16.0. The molecule has 0 heterocycles. The first-order valence-electron chi connectivity index (χ1n) is 4.00. The highest BCUT2D eigenvalue weighted by molar-refractivity contribution is 7.39. The summed E-state index contributed by atoms with van der Waals surface area (Å²) in [4.78, 5) is 0. The molecule has 0 aromatic carbocycles. The van der Waals surface area contributed by atoms with Gasteiger partial charge in [0.25, 0.3) is 0 Å². The Balaban J connectivity index is 3.23. The molecule has 0 bridgehead atoms. The van der Waals surface area contributed by atoms with Crippen molar-refractivity contribution in [2.45, 2.75) is 26.7 Å². The Kier molecular flexibility index (Phi) is 7.76. The topological polar surface area (TPSA) is 26.3 Å². The van der Waals surface area contributed by atoms with Crippen LogP contribution in [0.4, 0.5) is 0 Å². The fraction of sp³-hybridized carbons (Fsp3) is 0.750. The maximum absolute atomic E-state index is 11.0. The van der Waals surface area contributed by atoms with Gasteiger partial charge in [0.15, 0.2) is 6.16 Å². The van der Waals surface area contributed by atoms with Crippen molar-refractivity contribution < 1.29 is 9.09 Å². The molecule has 0 fully saturated rings. The quantitative estimate of drug-likeness (QED) is 0.352. The van der Waals surface area contributed by atoms with Crippen LogP contribution in [0.5, 0.6) is 0 Å². The van der Waals surface area contributed by atoms with E-state index in [1.807, 2.05) is 19.1 Å². The lowest BCUT2D eigenvalue weighted by atomic mass is 10.4. The lowest BCUT2D eigenvalue weighted by molar-refractivity contribution is 0.322. The van der Waals surface area contributed by atoms with E-state index < -0.39 is 8.03 Å². The maximum atomic E-state index is 11.0. The monoisotopic (exact) mass is 175 g/mol. The first-order chi connectivity index (χ1) is 5.31. The summed E-state index contributed by atoms with van der Waals surface area (Å²) in [6, 6.07) is 0. The van der Waals surface area contributed by atoms with E-state index in [9.17, 15) is 4.57 Å². The van der Waals surface area contributed by atoms with Gasteiger partial charge in [0.05, 0.1) is 0 Å². The van der Waals surface area contributed by atoms with Gasteiger partial charge in [-0.15, -0.1) is 4.52 Å². The van der Waals surface area contributed by atoms with Crippen molar-refractivity contribution >= 4 is 8.03 Å². The van der Waals surface area contributed by atoms with Crippen LogP contribution in [0.25, 0.3) is 0 Å². The average molecular weight is 175 g/mol. The first-order valence-corrected chi connectivity index (χ1v) is 5.36. The van der Waals surface area contributed by atoms with Crippen molar-refractivity contribution in [1.29, 1.82) is 0 Å². The van der Waals surface area contributed by atoms with Crippen LogP contribution in [0.2, 0.25) is 0 Å². The van der Waals surface area contributed by atoms with Crippen LogP contribution < -0.4 is 0 Å². The molecule has 0 amide bonds. The van der Waals surface area contributed by atoms with E-state index >= 15 is 0 Å². The van der Waals surface area contributed by atoms with Gasteiger partial charge in [-0.25, -0.2) is 0 Å². The Hall–Kier alpha value is -0.200. The van der Waals surface area contributed by atoms with Crippen molar-refractivity contribution in [2.75, 3.05) is 12.8 Å². The third-order valence-electron chi connectivity index (χ3n) is 1.22. The van der Waals surface area contributed by atoms with Gasteiger partial charge >= 0.3 is 8.03 Å². The van der Waals surface area contributed by atoms with E-state index in [1.165, 1.54) is 0 Å². The Morgan fingerprint density at radius 2 is 2.27 bits per heavy atom. The fourth-order valence-electron chi connectivity index (χ4n) is 0.555. The smallest absolute Gasteiger partial charge is 0.146 e. The van der Waals surface area contributed by atoms with E-state index in [4.69, 9.17) is 4.52 Å². The standard InChI is InChI=1S/C8H16O2P/c1-3-5-7-10-11(9)8-6-4-2/h4,6H,3,5,7-8H2,1-2H3/q+1/b6-4+. The molecule has 0 radical (unpaired) electrons. The molecule has 0 spiro atoms. The van der Waals surface area contributed by atoms with Crippen LogP contribution in [0, 0.1) is 0 Å². The average Bonchev–Trinajstić information content (AvgIpc) is 2.01. The molecule has 64 valence electrons. The van der Waals surface area contributed by atoms with Crippen LogP contribution in [-0.4, -0.2) is 12.8 Å². The SMILES string of the molecule is C/C=C/C[P+](=O)OCCCC. The Morgan fingerprint density at radius 1 is 1.55 bits per heavy atom. The van der Waals surface area contributed by atoms with E-state index in [2.05, 4.69) is 6.92 Å².